The van der Waals surface area contributed by atoms with Gasteiger partial charge in [0.05, 0.1) is 6.21 Å². The van der Waals surface area contributed by atoms with Gasteiger partial charge in [-0.25, -0.2) is 5.43 Å². The van der Waals surface area contributed by atoms with Crippen molar-refractivity contribution < 1.29 is 4.79 Å². The van der Waals surface area contributed by atoms with Crippen molar-refractivity contribution in [2.45, 2.75) is 31.4 Å². The first kappa shape index (κ1) is 24.0. The van der Waals surface area contributed by atoms with Crippen molar-refractivity contribution >= 4 is 39.8 Å². The molecular formula is C28H26BrN3OS. The lowest BCUT2D eigenvalue weighted by molar-refractivity contribution is 0.0955. The highest BCUT2D eigenvalue weighted by molar-refractivity contribution is 9.10. The topological polar surface area (TPSA) is 46.4 Å². The van der Waals surface area contributed by atoms with E-state index in [1.54, 1.807) is 18.0 Å². The van der Waals surface area contributed by atoms with Crippen molar-refractivity contribution in [1.82, 2.24) is 9.99 Å². The molecule has 0 atom stereocenters. The van der Waals surface area contributed by atoms with E-state index in [0.29, 0.717) is 5.56 Å². The predicted octanol–water partition coefficient (Wildman–Crippen LogP) is 7.22. The molecule has 1 heterocycles. The molecule has 0 aliphatic rings. The number of hydrogen-bond donors (Lipinski definition) is 1. The zero-order valence-corrected chi connectivity index (χ0v) is 21.8. The molecule has 0 spiro atoms. The molecule has 0 unspecified atom stereocenters. The van der Waals surface area contributed by atoms with Gasteiger partial charge in [0.1, 0.15) is 0 Å². The number of thioether (sulfide) groups is 1. The molecule has 0 bridgehead atoms. The number of nitrogens with one attached hydrogen (secondary N) is 1. The lowest BCUT2D eigenvalue weighted by atomic mass is 10.1. The monoisotopic (exact) mass is 531 g/mol. The fraction of sp³-hybridized carbons (Fsp3) is 0.143. The molecule has 4 rings (SSSR count). The highest BCUT2D eigenvalue weighted by Crippen LogP contribution is 2.29. The van der Waals surface area contributed by atoms with Crippen molar-refractivity contribution in [1.29, 1.82) is 0 Å². The van der Waals surface area contributed by atoms with Gasteiger partial charge in [-0.15, -0.1) is 11.8 Å². The van der Waals surface area contributed by atoms with Crippen molar-refractivity contribution in [3.05, 3.63) is 117 Å². The van der Waals surface area contributed by atoms with Gasteiger partial charge < -0.3 is 4.57 Å². The van der Waals surface area contributed by atoms with E-state index in [9.17, 15) is 4.79 Å². The first-order valence-corrected chi connectivity index (χ1v) is 12.8. The third kappa shape index (κ3) is 5.51. The van der Waals surface area contributed by atoms with E-state index in [1.165, 1.54) is 16.0 Å². The highest BCUT2D eigenvalue weighted by atomic mass is 79.9. The number of amides is 1. The third-order valence-electron chi connectivity index (χ3n) is 5.60. The minimum Gasteiger partial charge on any atom is -0.317 e. The maximum Gasteiger partial charge on any atom is 0.271 e. The lowest BCUT2D eigenvalue weighted by Gasteiger charge is -2.10. The molecule has 6 heteroatoms. The lowest BCUT2D eigenvalue weighted by Crippen LogP contribution is -2.17. The summed E-state index contributed by atoms with van der Waals surface area (Å²) >= 11 is 5.47. The smallest absolute Gasteiger partial charge is 0.271 e. The zero-order valence-electron chi connectivity index (χ0n) is 19.4. The molecule has 34 heavy (non-hydrogen) atoms. The number of hydrazone groups is 1. The average Bonchev–Trinajstić information content (AvgIpc) is 3.06. The molecule has 1 N–H and O–H groups in total. The van der Waals surface area contributed by atoms with Crippen LogP contribution in [0.15, 0.2) is 93.3 Å². The molecule has 0 saturated heterocycles. The zero-order chi connectivity index (χ0) is 24.1. The number of aryl methyl sites for hydroxylation is 1. The van der Waals surface area contributed by atoms with Crippen LogP contribution in [0.3, 0.4) is 0 Å². The van der Waals surface area contributed by atoms with E-state index in [2.05, 4.69) is 88.2 Å². The normalized spacial score (nSPS) is 11.2. The van der Waals surface area contributed by atoms with Gasteiger partial charge in [-0.3, -0.25) is 4.79 Å². The van der Waals surface area contributed by atoms with Gasteiger partial charge in [0, 0.05) is 43.3 Å². The van der Waals surface area contributed by atoms with Crippen molar-refractivity contribution in [3.8, 4) is 5.69 Å². The minimum absolute atomic E-state index is 0.234. The summed E-state index contributed by atoms with van der Waals surface area (Å²) in [5, 5.41) is 4.23. The molecule has 3 aromatic carbocycles. The number of aromatic nitrogens is 1. The fourth-order valence-electron chi connectivity index (χ4n) is 3.78. The Morgan fingerprint density at radius 3 is 2.41 bits per heavy atom. The summed E-state index contributed by atoms with van der Waals surface area (Å²) in [5.41, 5.74) is 9.77. The Bertz CT molecular complexity index is 1330. The van der Waals surface area contributed by atoms with Gasteiger partial charge in [-0.05, 0) is 84.2 Å². The highest BCUT2D eigenvalue weighted by Gasteiger charge is 2.16. The van der Waals surface area contributed by atoms with Gasteiger partial charge in [-0.1, -0.05) is 42.5 Å². The average molecular weight is 533 g/mol. The Hall–Kier alpha value is -3.09. The van der Waals surface area contributed by atoms with Crippen LogP contribution in [0.5, 0.6) is 0 Å². The molecular weight excluding hydrogens is 506 g/mol. The number of nitrogens with zero attached hydrogens (tertiary/aromatic N) is 2. The second kappa shape index (κ2) is 10.9. The molecule has 0 fully saturated rings. The largest absolute Gasteiger partial charge is 0.317 e. The van der Waals surface area contributed by atoms with Crippen LogP contribution in [0.4, 0.5) is 0 Å². The number of carbonyl (C=O) groups excluding carboxylic acids is 1. The molecule has 1 aromatic heterocycles. The van der Waals surface area contributed by atoms with E-state index in [-0.39, 0.29) is 5.91 Å². The predicted molar refractivity (Wildman–Crippen MR) is 145 cm³/mol. The summed E-state index contributed by atoms with van der Waals surface area (Å²) in [6.45, 7) is 6.20. The fourth-order valence-corrected chi connectivity index (χ4v) is 5.23. The molecule has 0 radical (unpaired) electrons. The number of benzene rings is 3. The first-order valence-electron chi connectivity index (χ1n) is 11.0. The van der Waals surface area contributed by atoms with E-state index < -0.39 is 0 Å². The molecule has 0 saturated carbocycles. The number of halogens is 1. The van der Waals surface area contributed by atoms with Crippen LogP contribution in [-0.2, 0) is 5.75 Å². The Morgan fingerprint density at radius 1 is 0.971 bits per heavy atom. The van der Waals surface area contributed by atoms with Crippen LogP contribution in [0.25, 0.3) is 5.69 Å². The second-order valence-electron chi connectivity index (χ2n) is 8.07. The number of carbonyl (C=O) groups is 1. The van der Waals surface area contributed by atoms with Gasteiger partial charge in [-0.2, -0.15) is 5.10 Å². The number of hydrogen-bond acceptors (Lipinski definition) is 3. The van der Waals surface area contributed by atoms with Crippen LogP contribution in [0.1, 0.15) is 38.4 Å². The Morgan fingerprint density at radius 2 is 1.71 bits per heavy atom. The molecule has 1 amide bonds. The van der Waals surface area contributed by atoms with Gasteiger partial charge in [0.25, 0.3) is 5.91 Å². The summed E-state index contributed by atoms with van der Waals surface area (Å²) in [6.07, 6.45) is 1.70. The summed E-state index contributed by atoms with van der Waals surface area (Å²) in [4.78, 5) is 13.8. The van der Waals surface area contributed by atoms with Crippen LogP contribution in [0.2, 0.25) is 0 Å². The van der Waals surface area contributed by atoms with Crippen LogP contribution < -0.4 is 5.43 Å². The van der Waals surface area contributed by atoms with Gasteiger partial charge >= 0.3 is 0 Å². The third-order valence-corrected chi connectivity index (χ3v) is 7.68. The van der Waals surface area contributed by atoms with E-state index in [0.717, 1.165) is 32.9 Å². The second-order valence-corrected chi connectivity index (χ2v) is 9.91. The first-order chi connectivity index (χ1) is 16.4. The maximum absolute atomic E-state index is 12.6. The molecule has 4 nitrogen and oxygen atoms in total. The molecule has 0 aliphatic heterocycles. The quantitative estimate of drug-likeness (QED) is 0.155. The Labute approximate surface area is 213 Å². The van der Waals surface area contributed by atoms with E-state index >= 15 is 0 Å². The molecule has 4 aromatic rings. The molecule has 0 aliphatic carbocycles. The molecule has 172 valence electrons. The van der Waals surface area contributed by atoms with E-state index in [1.807, 2.05) is 42.5 Å². The summed E-state index contributed by atoms with van der Waals surface area (Å²) < 4.78 is 3.15. The number of rotatable bonds is 7. The Kier molecular flexibility index (Phi) is 7.70. The van der Waals surface area contributed by atoms with Gasteiger partial charge in [0.2, 0.25) is 0 Å². The SMILES string of the molecule is Cc1cccc(-n2c(C)c(Br)c(/C=N\NC(=O)c3ccc(CSc4ccccc4)cc3)c2C)c1. The standard InChI is InChI=1S/C28H26BrN3OS/c1-19-8-7-9-24(16-19)32-20(2)26(27(29)21(32)3)17-30-31-28(33)23-14-12-22(13-15-23)18-34-25-10-5-4-6-11-25/h4-17H,18H2,1-3H3,(H,31,33)/b30-17-. The maximum atomic E-state index is 12.6. The van der Waals surface area contributed by atoms with E-state index in [4.69, 9.17) is 0 Å². The summed E-state index contributed by atoms with van der Waals surface area (Å²) in [7, 11) is 0. The summed E-state index contributed by atoms with van der Waals surface area (Å²) in [5.74, 6) is 0.622. The minimum atomic E-state index is -0.234. The van der Waals surface area contributed by atoms with Crippen LogP contribution in [0, 0.1) is 20.8 Å². The van der Waals surface area contributed by atoms with Crippen LogP contribution in [-0.4, -0.2) is 16.7 Å². The summed E-state index contributed by atoms with van der Waals surface area (Å²) in [6, 6.07) is 26.3. The Balaban J connectivity index is 1.41. The van der Waals surface area contributed by atoms with Crippen molar-refractivity contribution in [3.63, 3.8) is 0 Å². The van der Waals surface area contributed by atoms with Crippen molar-refractivity contribution in [2.24, 2.45) is 5.10 Å². The van der Waals surface area contributed by atoms with Crippen molar-refractivity contribution in [2.75, 3.05) is 0 Å². The van der Waals surface area contributed by atoms with Crippen LogP contribution >= 0.6 is 27.7 Å². The van der Waals surface area contributed by atoms with Gasteiger partial charge in [0.15, 0.2) is 0 Å².